The highest BCUT2D eigenvalue weighted by atomic mass is 16.5. The van der Waals surface area contributed by atoms with Crippen molar-refractivity contribution in [2.24, 2.45) is 0 Å². The lowest BCUT2D eigenvalue weighted by molar-refractivity contribution is 0.0933. The Balaban J connectivity index is 1.69. The molecule has 4 rings (SSSR count). The van der Waals surface area contributed by atoms with Gasteiger partial charge in [0.1, 0.15) is 11.5 Å². The van der Waals surface area contributed by atoms with Crippen LogP contribution in [0.15, 0.2) is 73.1 Å². The van der Waals surface area contributed by atoms with Crippen LogP contribution in [0.1, 0.15) is 34.0 Å². The van der Waals surface area contributed by atoms with Crippen LogP contribution in [-0.4, -0.2) is 17.4 Å². The average molecular weight is 331 g/mol. The maximum absolute atomic E-state index is 11.9. The van der Waals surface area contributed by atoms with E-state index in [4.69, 9.17) is 9.47 Å². The van der Waals surface area contributed by atoms with Crippen molar-refractivity contribution < 1.29 is 14.3 Å². The van der Waals surface area contributed by atoms with E-state index in [9.17, 15) is 4.79 Å². The van der Waals surface area contributed by atoms with Gasteiger partial charge in [-0.2, -0.15) is 0 Å². The predicted octanol–water partition coefficient (Wildman–Crippen LogP) is 4.22. The number of ether oxygens (including phenoxy) is 2. The van der Waals surface area contributed by atoms with Gasteiger partial charge in [0.25, 0.3) is 0 Å². The summed E-state index contributed by atoms with van der Waals surface area (Å²) < 4.78 is 11.9. The van der Waals surface area contributed by atoms with E-state index in [1.165, 1.54) is 0 Å². The minimum atomic E-state index is -0.285. The topological polar surface area (TPSA) is 48.4 Å². The molecule has 0 spiro atoms. The minimum Gasteiger partial charge on any atom is -0.492 e. The second kappa shape index (κ2) is 6.77. The molecule has 0 aliphatic carbocycles. The van der Waals surface area contributed by atoms with Crippen LogP contribution in [0.5, 0.6) is 11.5 Å². The third-order valence-corrected chi connectivity index (χ3v) is 4.18. The number of fused-ring (bicyclic) bond motifs is 1. The van der Waals surface area contributed by atoms with Crippen molar-refractivity contribution >= 4 is 5.78 Å². The van der Waals surface area contributed by atoms with Crippen LogP contribution in [0.4, 0.5) is 0 Å². The molecular formula is C21H17NO3. The van der Waals surface area contributed by atoms with Crippen LogP contribution in [0.2, 0.25) is 0 Å². The number of rotatable bonds is 4. The van der Waals surface area contributed by atoms with Crippen molar-refractivity contribution in [3.8, 4) is 11.5 Å². The summed E-state index contributed by atoms with van der Waals surface area (Å²) in [6, 6.07) is 19.3. The number of ketones is 1. The minimum absolute atomic E-state index is 0.111. The van der Waals surface area contributed by atoms with Crippen LogP contribution in [0.3, 0.4) is 0 Å². The smallest absolute Gasteiger partial charge is 0.169 e. The Labute approximate surface area is 146 Å². The number of nitrogens with zero attached hydrogens (tertiary/aromatic N) is 1. The molecule has 0 saturated heterocycles. The van der Waals surface area contributed by atoms with Crippen molar-refractivity contribution in [1.29, 1.82) is 0 Å². The first-order chi connectivity index (χ1) is 12.3. The number of hydrogen-bond acceptors (Lipinski definition) is 4. The number of benzene rings is 2. The van der Waals surface area contributed by atoms with Gasteiger partial charge in [-0.05, 0) is 23.8 Å². The highest BCUT2D eigenvalue weighted by Crippen LogP contribution is 2.33. The SMILES string of the molecule is O=C1CCOc2cc(OC(c3ccccc3)c3cccnc3)ccc21. The van der Waals surface area contributed by atoms with E-state index < -0.39 is 0 Å². The number of hydrogen-bond donors (Lipinski definition) is 0. The van der Waals surface area contributed by atoms with Gasteiger partial charge in [-0.1, -0.05) is 36.4 Å². The second-order valence-corrected chi connectivity index (χ2v) is 5.87. The Morgan fingerprint density at radius 3 is 2.64 bits per heavy atom. The van der Waals surface area contributed by atoms with E-state index in [-0.39, 0.29) is 11.9 Å². The van der Waals surface area contributed by atoms with E-state index in [1.807, 2.05) is 48.5 Å². The van der Waals surface area contributed by atoms with E-state index in [0.717, 1.165) is 11.1 Å². The van der Waals surface area contributed by atoms with Gasteiger partial charge in [-0.25, -0.2) is 0 Å². The summed E-state index contributed by atoms with van der Waals surface area (Å²) in [7, 11) is 0. The zero-order valence-electron chi connectivity index (χ0n) is 13.6. The third kappa shape index (κ3) is 3.24. The lowest BCUT2D eigenvalue weighted by Gasteiger charge is -2.22. The second-order valence-electron chi connectivity index (χ2n) is 5.87. The molecule has 25 heavy (non-hydrogen) atoms. The Bertz CT molecular complexity index is 839. The van der Waals surface area contributed by atoms with Gasteiger partial charge < -0.3 is 9.47 Å². The Kier molecular flexibility index (Phi) is 4.17. The van der Waals surface area contributed by atoms with Crippen LogP contribution >= 0.6 is 0 Å². The molecule has 1 aliphatic heterocycles. The van der Waals surface area contributed by atoms with Crippen molar-refractivity contribution in [1.82, 2.24) is 4.98 Å². The first-order valence-corrected chi connectivity index (χ1v) is 8.23. The quantitative estimate of drug-likeness (QED) is 0.718. The molecule has 1 aromatic heterocycles. The molecule has 4 heteroatoms. The summed E-state index contributed by atoms with van der Waals surface area (Å²) in [4.78, 5) is 16.1. The van der Waals surface area contributed by atoms with E-state index in [0.29, 0.717) is 30.1 Å². The van der Waals surface area contributed by atoms with E-state index in [1.54, 1.807) is 24.5 Å². The molecule has 124 valence electrons. The number of carbonyl (C=O) groups is 1. The van der Waals surface area contributed by atoms with Crippen molar-refractivity contribution in [2.45, 2.75) is 12.5 Å². The molecule has 1 aliphatic rings. The maximum atomic E-state index is 11.9. The van der Waals surface area contributed by atoms with Crippen LogP contribution < -0.4 is 9.47 Å². The lowest BCUT2D eigenvalue weighted by Crippen LogP contribution is -2.15. The third-order valence-electron chi connectivity index (χ3n) is 4.18. The predicted molar refractivity (Wildman–Crippen MR) is 94.0 cm³/mol. The highest BCUT2D eigenvalue weighted by Gasteiger charge is 2.21. The molecule has 0 fully saturated rings. The Hall–Kier alpha value is -3.14. The summed E-state index contributed by atoms with van der Waals surface area (Å²) in [5, 5.41) is 0. The average Bonchev–Trinajstić information content (AvgIpc) is 2.68. The molecule has 1 unspecified atom stereocenters. The molecule has 3 aromatic rings. The van der Waals surface area contributed by atoms with E-state index >= 15 is 0 Å². The molecule has 0 bridgehead atoms. The number of aromatic nitrogens is 1. The largest absolute Gasteiger partial charge is 0.492 e. The van der Waals surface area contributed by atoms with Gasteiger partial charge in [0.15, 0.2) is 11.9 Å². The number of Topliss-reactive ketones (excluding diaryl/α,β-unsaturated/α-hetero) is 1. The summed E-state index contributed by atoms with van der Waals surface area (Å²) in [5.41, 5.74) is 2.62. The standard InChI is InChI=1S/C21H17NO3/c23-19-10-12-24-20-13-17(8-9-18(19)20)25-21(15-5-2-1-3-6-15)16-7-4-11-22-14-16/h1-9,11,13-14,21H,10,12H2. The zero-order chi connectivity index (χ0) is 17.1. The van der Waals surface area contributed by atoms with Crippen LogP contribution in [-0.2, 0) is 0 Å². The highest BCUT2D eigenvalue weighted by molar-refractivity contribution is 5.99. The molecule has 4 nitrogen and oxygen atoms in total. The van der Waals surface area contributed by atoms with Crippen molar-refractivity contribution in [3.05, 3.63) is 89.7 Å². The fourth-order valence-electron chi connectivity index (χ4n) is 2.94. The van der Waals surface area contributed by atoms with Crippen molar-refractivity contribution in [3.63, 3.8) is 0 Å². The fraction of sp³-hybridized carbons (Fsp3) is 0.143. The molecule has 2 aromatic carbocycles. The van der Waals surface area contributed by atoms with Gasteiger partial charge in [-0.15, -0.1) is 0 Å². The van der Waals surface area contributed by atoms with Crippen LogP contribution in [0.25, 0.3) is 0 Å². The first kappa shape index (κ1) is 15.4. The Morgan fingerprint density at radius 2 is 1.84 bits per heavy atom. The maximum Gasteiger partial charge on any atom is 0.169 e. The summed E-state index contributed by atoms with van der Waals surface area (Å²) >= 11 is 0. The Morgan fingerprint density at radius 1 is 1.00 bits per heavy atom. The van der Waals surface area contributed by atoms with Gasteiger partial charge in [0, 0.05) is 30.4 Å². The molecule has 2 heterocycles. The van der Waals surface area contributed by atoms with Crippen LogP contribution in [0, 0.1) is 0 Å². The van der Waals surface area contributed by atoms with Gasteiger partial charge in [0.05, 0.1) is 12.2 Å². The zero-order valence-corrected chi connectivity index (χ0v) is 13.6. The number of pyridine rings is 1. The number of carbonyl (C=O) groups excluding carboxylic acids is 1. The lowest BCUT2D eigenvalue weighted by atomic mass is 10.0. The van der Waals surface area contributed by atoms with E-state index in [2.05, 4.69) is 4.98 Å². The summed E-state index contributed by atoms with van der Waals surface area (Å²) in [6.07, 6.45) is 3.68. The van der Waals surface area contributed by atoms with Crippen molar-refractivity contribution in [2.75, 3.05) is 6.61 Å². The molecular weight excluding hydrogens is 314 g/mol. The molecule has 0 N–H and O–H groups in total. The first-order valence-electron chi connectivity index (χ1n) is 8.23. The van der Waals surface area contributed by atoms with Gasteiger partial charge in [-0.3, -0.25) is 9.78 Å². The molecule has 0 saturated carbocycles. The summed E-state index contributed by atoms with van der Waals surface area (Å²) in [5.74, 6) is 1.36. The molecule has 1 atom stereocenters. The fourth-order valence-corrected chi connectivity index (χ4v) is 2.94. The monoisotopic (exact) mass is 331 g/mol. The molecule has 0 radical (unpaired) electrons. The summed E-state index contributed by atoms with van der Waals surface area (Å²) in [6.45, 7) is 0.417. The normalized spacial score (nSPS) is 14.3. The molecule has 0 amide bonds. The van der Waals surface area contributed by atoms with Gasteiger partial charge in [0.2, 0.25) is 0 Å². The van der Waals surface area contributed by atoms with Gasteiger partial charge >= 0.3 is 0 Å².